The second-order valence-electron chi connectivity index (χ2n) is 5.53. The topological polar surface area (TPSA) is 62.7 Å². The number of carbonyl (C=O) groups is 2. The fourth-order valence-electron chi connectivity index (χ4n) is 2.44. The lowest BCUT2D eigenvalue weighted by Crippen LogP contribution is -2.60. The van der Waals surface area contributed by atoms with Crippen molar-refractivity contribution in [1.82, 2.24) is 14.8 Å². The Balaban J connectivity index is 1.67. The van der Waals surface area contributed by atoms with E-state index in [1.54, 1.807) is 19.3 Å². The van der Waals surface area contributed by atoms with E-state index in [1.165, 1.54) is 0 Å². The number of ether oxygens (including phenoxy) is 1. The van der Waals surface area contributed by atoms with Crippen molar-refractivity contribution in [2.75, 3.05) is 33.3 Å². The van der Waals surface area contributed by atoms with Gasteiger partial charge in [0.1, 0.15) is 0 Å². The van der Waals surface area contributed by atoms with Crippen LogP contribution in [0.2, 0.25) is 0 Å². The summed E-state index contributed by atoms with van der Waals surface area (Å²) in [5.74, 6) is -0.0509. The Morgan fingerprint density at radius 3 is 2.68 bits per heavy atom. The van der Waals surface area contributed by atoms with Crippen LogP contribution in [0.3, 0.4) is 0 Å². The third-order valence-electron chi connectivity index (χ3n) is 3.90. The van der Waals surface area contributed by atoms with Gasteiger partial charge in [-0.15, -0.1) is 0 Å². The Morgan fingerprint density at radius 2 is 2.05 bits per heavy atom. The van der Waals surface area contributed by atoms with E-state index < -0.39 is 0 Å². The molecule has 120 valence electrons. The van der Waals surface area contributed by atoms with E-state index in [1.807, 2.05) is 29.0 Å². The number of aryl methyl sites for hydroxylation is 1. The van der Waals surface area contributed by atoms with Gasteiger partial charge in [-0.2, -0.15) is 0 Å². The van der Waals surface area contributed by atoms with Gasteiger partial charge < -0.3 is 9.64 Å². The summed E-state index contributed by atoms with van der Waals surface area (Å²) < 4.78 is 4.93. The average Bonchev–Trinajstić information content (AvgIpc) is 2.44. The molecule has 1 aliphatic heterocycles. The standard InChI is InChI=1S/C16H23N3O3/c1-3-22-16(21)12-18(2)14-10-19(11-14)15(20)5-4-13-6-8-17-9-7-13/h6-9,14H,3-5,10-12H2,1-2H3. The molecule has 2 heterocycles. The fraction of sp³-hybridized carbons (Fsp3) is 0.562. The minimum Gasteiger partial charge on any atom is -0.465 e. The van der Waals surface area contributed by atoms with Gasteiger partial charge in [0.25, 0.3) is 0 Å². The Hall–Kier alpha value is -1.95. The van der Waals surface area contributed by atoms with E-state index in [4.69, 9.17) is 4.74 Å². The van der Waals surface area contributed by atoms with Crippen molar-refractivity contribution in [1.29, 1.82) is 0 Å². The van der Waals surface area contributed by atoms with E-state index in [2.05, 4.69) is 4.98 Å². The number of likely N-dealkylation sites (N-methyl/N-ethyl adjacent to an activating group) is 1. The van der Waals surface area contributed by atoms with Crippen LogP contribution in [-0.4, -0.2) is 66.0 Å². The predicted octanol–water partition coefficient (Wildman–Crippen LogP) is 0.720. The van der Waals surface area contributed by atoms with Gasteiger partial charge in [0, 0.05) is 37.9 Å². The molecule has 22 heavy (non-hydrogen) atoms. The molecule has 0 radical (unpaired) electrons. The van der Waals surface area contributed by atoms with Crippen molar-refractivity contribution in [2.45, 2.75) is 25.8 Å². The molecule has 2 rings (SSSR count). The van der Waals surface area contributed by atoms with Crippen LogP contribution in [0.15, 0.2) is 24.5 Å². The number of nitrogens with zero attached hydrogens (tertiary/aromatic N) is 3. The SMILES string of the molecule is CCOC(=O)CN(C)C1CN(C(=O)CCc2ccncc2)C1. The highest BCUT2D eigenvalue weighted by atomic mass is 16.5. The van der Waals surface area contributed by atoms with Crippen LogP contribution in [0.5, 0.6) is 0 Å². The molecule has 6 heteroatoms. The Morgan fingerprint density at radius 1 is 1.36 bits per heavy atom. The Bertz CT molecular complexity index is 501. The zero-order valence-electron chi connectivity index (χ0n) is 13.2. The molecule has 0 aliphatic carbocycles. The first-order valence-corrected chi connectivity index (χ1v) is 7.62. The lowest BCUT2D eigenvalue weighted by Gasteiger charge is -2.43. The first kappa shape index (κ1) is 16.4. The average molecular weight is 305 g/mol. The van der Waals surface area contributed by atoms with Crippen molar-refractivity contribution in [3.8, 4) is 0 Å². The molecule has 0 bridgehead atoms. The number of rotatable bonds is 7. The van der Waals surface area contributed by atoms with Crippen LogP contribution < -0.4 is 0 Å². The number of carbonyl (C=O) groups excluding carboxylic acids is 2. The molecule has 0 atom stereocenters. The molecule has 1 amide bonds. The molecule has 0 aromatic carbocycles. The maximum absolute atomic E-state index is 12.1. The third-order valence-corrected chi connectivity index (χ3v) is 3.90. The third kappa shape index (κ3) is 4.53. The van der Waals surface area contributed by atoms with Crippen molar-refractivity contribution in [2.24, 2.45) is 0 Å². The summed E-state index contributed by atoms with van der Waals surface area (Å²) in [4.78, 5) is 31.3. The van der Waals surface area contributed by atoms with Crippen LogP contribution in [0, 0.1) is 0 Å². The van der Waals surface area contributed by atoms with Gasteiger partial charge in [-0.1, -0.05) is 0 Å². The van der Waals surface area contributed by atoms with Crippen molar-refractivity contribution >= 4 is 11.9 Å². The number of hydrogen-bond donors (Lipinski definition) is 0. The van der Waals surface area contributed by atoms with Gasteiger partial charge in [0.05, 0.1) is 13.2 Å². The molecule has 1 fully saturated rings. The molecule has 1 aromatic heterocycles. The number of hydrogen-bond acceptors (Lipinski definition) is 5. The van der Waals surface area contributed by atoms with Gasteiger partial charge in [0.15, 0.2) is 0 Å². The molecule has 0 N–H and O–H groups in total. The molecule has 1 aliphatic rings. The molecule has 1 aromatic rings. The highest BCUT2D eigenvalue weighted by Gasteiger charge is 2.33. The second kappa shape index (κ2) is 7.89. The van der Waals surface area contributed by atoms with Crippen LogP contribution in [0.25, 0.3) is 0 Å². The van der Waals surface area contributed by atoms with E-state index in [9.17, 15) is 9.59 Å². The molecule has 6 nitrogen and oxygen atoms in total. The van der Waals surface area contributed by atoms with E-state index in [0.717, 1.165) is 12.0 Å². The van der Waals surface area contributed by atoms with Crippen LogP contribution in [0.4, 0.5) is 0 Å². The van der Waals surface area contributed by atoms with Crippen LogP contribution in [0.1, 0.15) is 18.9 Å². The zero-order valence-corrected chi connectivity index (χ0v) is 13.2. The molecular formula is C16H23N3O3. The van der Waals surface area contributed by atoms with Gasteiger partial charge in [-0.3, -0.25) is 19.5 Å². The second-order valence-corrected chi connectivity index (χ2v) is 5.53. The molecule has 0 saturated carbocycles. The van der Waals surface area contributed by atoms with Crippen LogP contribution >= 0.6 is 0 Å². The lowest BCUT2D eigenvalue weighted by molar-refractivity contribution is -0.146. The van der Waals surface area contributed by atoms with E-state index >= 15 is 0 Å². The maximum atomic E-state index is 12.1. The minimum absolute atomic E-state index is 0.164. The summed E-state index contributed by atoms with van der Waals surface area (Å²) >= 11 is 0. The highest BCUT2D eigenvalue weighted by Crippen LogP contribution is 2.15. The number of likely N-dealkylation sites (tertiary alicyclic amines) is 1. The monoisotopic (exact) mass is 305 g/mol. The summed E-state index contributed by atoms with van der Waals surface area (Å²) in [6.07, 6.45) is 4.73. The zero-order chi connectivity index (χ0) is 15.9. The van der Waals surface area contributed by atoms with Gasteiger partial charge in [-0.25, -0.2) is 0 Å². The van der Waals surface area contributed by atoms with Crippen LogP contribution in [-0.2, 0) is 20.7 Å². The quantitative estimate of drug-likeness (QED) is 0.695. The highest BCUT2D eigenvalue weighted by molar-refractivity contribution is 5.77. The fourth-order valence-corrected chi connectivity index (χ4v) is 2.44. The minimum atomic E-state index is -0.215. The summed E-state index contributed by atoms with van der Waals surface area (Å²) in [5, 5.41) is 0. The maximum Gasteiger partial charge on any atom is 0.320 e. The number of esters is 1. The number of amides is 1. The number of pyridine rings is 1. The smallest absolute Gasteiger partial charge is 0.320 e. The first-order valence-electron chi connectivity index (χ1n) is 7.62. The molecule has 0 unspecified atom stereocenters. The molecular weight excluding hydrogens is 282 g/mol. The number of aromatic nitrogens is 1. The van der Waals surface area contributed by atoms with Gasteiger partial charge >= 0.3 is 5.97 Å². The predicted molar refractivity (Wildman–Crippen MR) is 82.2 cm³/mol. The summed E-state index contributed by atoms with van der Waals surface area (Å²) in [6, 6.07) is 4.10. The molecule has 1 saturated heterocycles. The first-order chi connectivity index (χ1) is 10.6. The summed E-state index contributed by atoms with van der Waals surface area (Å²) in [5.41, 5.74) is 1.12. The van der Waals surface area contributed by atoms with E-state index in [0.29, 0.717) is 26.1 Å². The summed E-state index contributed by atoms with van der Waals surface area (Å²) in [6.45, 7) is 3.84. The van der Waals surface area contributed by atoms with Crippen molar-refractivity contribution < 1.29 is 14.3 Å². The van der Waals surface area contributed by atoms with Crippen molar-refractivity contribution in [3.05, 3.63) is 30.1 Å². The largest absolute Gasteiger partial charge is 0.465 e. The molecule has 0 spiro atoms. The normalized spacial score (nSPS) is 14.8. The lowest BCUT2D eigenvalue weighted by atomic mass is 10.1. The van der Waals surface area contributed by atoms with Gasteiger partial charge in [-0.05, 0) is 38.1 Å². The summed E-state index contributed by atoms with van der Waals surface area (Å²) in [7, 11) is 1.89. The van der Waals surface area contributed by atoms with Crippen molar-refractivity contribution in [3.63, 3.8) is 0 Å². The van der Waals surface area contributed by atoms with Gasteiger partial charge in [0.2, 0.25) is 5.91 Å². The van der Waals surface area contributed by atoms with E-state index in [-0.39, 0.29) is 24.5 Å². The Kier molecular flexibility index (Phi) is 5.89. The Labute approximate surface area is 131 Å².